The lowest BCUT2D eigenvalue weighted by molar-refractivity contribution is -0.159. The highest BCUT2D eigenvalue weighted by Gasteiger charge is 2.29. The fourth-order valence-corrected chi connectivity index (χ4v) is 5.53. The topological polar surface area (TPSA) is 48.4 Å². The number of pyridine rings is 1. The van der Waals surface area contributed by atoms with Crippen LogP contribution in [0.4, 0.5) is 8.78 Å². The second-order valence-electron chi connectivity index (χ2n) is 8.19. The van der Waals surface area contributed by atoms with Crippen molar-refractivity contribution in [3.63, 3.8) is 0 Å². The molecule has 0 aliphatic carbocycles. The van der Waals surface area contributed by atoms with Crippen LogP contribution in [0, 0.1) is 11.6 Å². The van der Waals surface area contributed by atoms with E-state index in [0.29, 0.717) is 5.75 Å². The number of esters is 1. The van der Waals surface area contributed by atoms with Crippen molar-refractivity contribution in [2.24, 2.45) is 0 Å². The molecule has 0 saturated carbocycles. The summed E-state index contributed by atoms with van der Waals surface area (Å²) in [4.78, 5) is 19.1. The molecule has 35 heavy (non-hydrogen) atoms. The van der Waals surface area contributed by atoms with Crippen molar-refractivity contribution in [3.05, 3.63) is 115 Å². The molecule has 3 aromatic carbocycles. The third kappa shape index (κ3) is 6.25. The molecule has 0 unspecified atom stereocenters. The first-order chi connectivity index (χ1) is 16.8. The van der Waals surface area contributed by atoms with Gasteiger partial charge in [0.15, 0.2) is 21.3 Å². The van der Waals surface area contributed by atoms with Gasteiger partial charge >= 0.3 is 5.97 Å². The summed E-state index contributed by atoms with van der Waals surface area (Å²) in [5, 5.41) is 0. The molecule has 0 atom stereocenters. The number of carbonyl (C=O) groups is 1. The average molecular weight is 493 g/mol. The maximum absolute atomic E-state index is 13.5. The van der Waals surface area contributed by atoms with E-state index in [9.17, 15) is 13.6 Å². The van der Waals surface area contributed by atoms with Crippen LogP contribution in [0.1, 0.15) is 19.4 Å². The van der Waals surface area contributed by atoms with Crippen LogP contribution < -0.4 is 4.74 Å². The maximum atomic E-state index is 13.5. The number of halogens is 2. The van der Waals surface area contributed by atoms with E-state index >= 15 is 0 Å². The summed E-state index contributed by atoms with van der Waals surface area (Å²) in [6, 6.07) is 23.5. The van der Waals surface area contributed by atoms with Gasteiger partial charge in [-0.05, 0) is 104 Å². The highest BCUT2D eigenvalue weighted by atomic mass is 32.2. The summed E-state index contributed by atoms with van der Waals surface area (Å²) in [6.07, 6.45) is 3.30. The molecule has 0 spiro atoms. The molecule has 4 aromatic rings. The second-order valence-corrected chi connectivity index (χ2v) is 10.2. The fourth-order valence-electron chi connectivity index (χ4n) is 3.49. The van der Waals surface area contributed by atoms with Gasteiger partial charge in [-0.25, -0.2) is 13.6 Å². The van der Waals surface area contributed by atoms with E-state index in [4.69, 9.17) is 9.47 Å². The van der Waals surface area contributed by atoms with Crippen molar-refractivity contribution in [1.82, 2.24) is 4.98 Å². The largest absolute Gasteiger partial charge is 0.482 e. The Balaban J connectivity index is 1.46. The number of hydrogen-bond donors (Lipinski definition) is 0. The first-order valence-corrected chi connectivity index (χ1v) is 12.1. The van der Waals surface area contributed by atoms with E-state index in [2.05, 4.69) is 4.98 Å². The number of ether oxygens (including phenoxy) is 2. The van der Waals surface area contributed by atoms with Crippen molar-refractivity contribution in [2.75, 3.05) is 6.61 Å². The molecule has 7 heteroatoms. The quantitative estimate of drug-likeness (QED) is 0.214. The third-order valence-electron chi connectivity index (χ3n) is 5.26. The minimum absolute atomic E-state index is 0.241. The number of rotatable bonds is 8. The maximum Gasteiger partial charge on any atom is 0.345 e. The molecule has 4 nitrogen and oxygen atoms in total. The Bertz CT molecular complexity index is 1220. The molecule has 0 amide bonds. The van der Waals surface area contributed by atoms with Crippen molar-refractivity contribution in [1.29, 1.82) is 0 Å². The minimum Gasteiger partial charge on any atom is -0.482 e. The Kier molecular flexibility index (Phi) is 7.46. The molecular formula is C28H24F2NO3S+. The van der Waals surface area contributed by atoms with E-state index in [0.717, 1.165) is 20.2 Å². The predicted octanol–water partition coefficient (Wildman–Crippen LogP) is 6.31. The van der Waals surface area contributed by atoms with Gasteiger partial charge in [0.05, 0.1) is 10.9 Å². The normalized spacial score (nSPS) is 11.3. The van der Waals surface area contributed by atoms with E-state index < -0.39 is 22.5 Å². The van der Waals surface area contributed by atoms with Gasteiger partial charge in [0, 0.05) is 12.4 Å². The van der Waals surface area contributed by atoms with Gasteiger partial charge in [0.25, 0.3) is 0 Å². The molecule has 1 heterocycles. The smallest absolute Gasteiger partial charge is 0.345 e. The van der Waals surface area contributed by atoms with Crippen LogP contribution in [-0.4, -0.2) is 17.6 Å². The van der Waals surface area contributed by atoms with Crippen LogP contribution in [0.3, 0.4) is 0 Å². The van der Waals surface area contributed by atoms with Gasteiger partial charge in [0.2, 0.25) is 0 Å². The first kappa shape index (κ1) is 24.4. The Hall–Kier alpha value is -3.71. The summed E-state index contributed by atoms with van der Waals surface area (Å²) in [6.45, 7) is 3.37. The summed E-state index contributed by atoms with van der Waals surface area (Å²) in [5.74, 6) is -0.624. The van der Waals surface area contributed by atoms with Gasteiger partial charge in [-0.3, -0.25) is 4.98 Å². The fraction of sp³-hybridized carbons (Fsp3) is 0.143. The highest BCUT2D eigenvalue weighted by Crippen LogP contribution is 2.32. The summed E-state index contributed by atoms with van der Waals surface area (Å²) in [7, 11) is -0.572. The molecule has 4 rings (SSSR count). The number of aromatic nitrogens is 1. The van der Waals surface area contributed by atoms with Crippen molar-refractivity contribution < 1.29 is 23.0 Å². The number of carbonyl (C=O) groups excluding carboxylic acids is 1. The second kappa shape index (κ2) is 10.7. The van der Waals surface area contributed by atoms with Crippen LogP contribution in [0.5, 0.6) is 5.75 Å². The van der Waals surface area contributed by atoms with Crippen molar-refractivity contribution >= 4 is 16.9 Å². The first-order valence-electron chi connectivity index (χ1n) is 10.9. The van der Waals surface area contributed by atoms with Crippen LogP contribution in [0.25, 0.3) is 0 Å². The van der Waals surface area contributed by atoms with E-state index in [1.807, 2.05) is 12.1 Å². The summed E-state index contributed by atoms with van der Waals surface area (Å²) in [5.41, 5.74) is 0.0187. The molecule has 0 radical (unpaired) electrons. The molecule has 1 aromatic heterocycles. The van der Waals surface area contributed by atoms with E-state index in [1.165, 1.54) is 24.3 Å². The highest BCUT2D eigenvalue weighted by molar-refractivity contribution is 7.97. The van der Waals surface area contributed by atoms with Gasteiger partial charge < -0.3 is 9.47 Å². The molecule has 0 aliphatic rings. The molecular weight excluding hydrogens is 468 g/mol. The average Bonchev–Trinajstić information content (AvgIpc) is 2.86. The molecule has 0 aliphatic heterocycles. The number of hydrogen-bond acceptors (Lipinski definition) is 4. The zero-order valence-electron chi connectivity index (χ0n) is 19.3. The van der Waals surface area contributed by atoms with E-state index in [-0.39, 0.29) is 18.2 Å². The minimum atomic E-state index is -0.814. The Morgan fingerprint density at radius 3 is 1.71 bits per heavy atom. The Morgan fingerprint density at radius 1 is 0.771 bits per heavy atom. The molecule has 178 valence electrons. The van der Waals surface area contributed by atoms with Crippen LogP contribution in [0.15, 0.2) is 112 Å². The van der Waals surface area contributed by atoms with Crippen molar-refractivity contribution in [2.45, 2.75) is 34.1 Å². The monoisotopic (exact) mass is 492 g/mol. The molecule has 0 fully saturated rings. The number of nitrogens with zero attached hydrogens (tertiary/aromatic N) is 1. The third-order valence-corrected chi connectivity index (χ3v) is 7.49. The van der Waals surface area contributed by atoms with Gasteiger partial charge in [-0.15, -0.1) is 0 Å². The lowest BCUT2D eigenvalue weighted by atomic mass is 9.99. The Labute approximate surface area is 205 Å². The van der Waals surface area contributed by atoms with Gasteiger partial charge in [-0.2, -0.15) is 0 Å². The van der Waals surface area contributed by atoms with Crippen LogP contribution >= 0.6 is 0 Å². The summed E-state index contributed by atoms with van der Waals surface area (Å²) < 4.78 is 38.2. The van der Waals surface area contributed by atoms with Crippen molar-refractivity contribution in [3.8, 4) is 5.75 Å². The zero-order chi connectivity index (χ0) is 24.8. The van der Waals surface area contributed by atoms with Crippen LogP contribution in [-0.2, 0) is 26.0 Å². The summed E-state index contributed by atoms with van der Waals surface area (Å²) >= 11 is 0. The standard InChI is InChI=1S/C28H24F2NO3S/c1-28(2,20-15-17-31-18-16-20)34-27(32)19-33-23-7-13-26(14-8-23)35(24-9-3-21(29)4-10-24)25-11-5-22(30)6-12-25/h3-18H,19H2,1-2H3/q+1. The molecule has 0 saturated heterocycles. The molecule has 0 bridgehead atoms. The molecule has 0 N–H and O–H groups in total. The lowest BCUT2D eigenvalue weighted by Crippen LogP contribution is -2.28. The lowest BCUT2D eigenvalue weighted by Gasteiger charge is -2.25. The van der Waals surface area contributed by atoms with Gasteiger partial charge in [-0.1, -0.05) is 0 Å². The number of benzene rings is 3. The van der Waals surface area contributed by atoms with E-state index in [1.54, 1.807) is 74.8 Å². The zero-order valence-corrected chi connectivity index (χ0v) is 20.1. The SMILES string of the molecule is CC(C)(OC(=O)COc1ccc([S+](c2ccc(F)cc2)c2ccc(F)cc2)cc1)c1ccncc1. The predicted molar refractivity (Wildman–Crippen MR) is 130 cm³/mol. The van der Waals surface area contributed by atoms with Gasteiger partial charge in [0.1, 0.15) is 23.0 Å². The van der Waals surface area contributed by atoms with Crippen LogP contribution in [0.2, 0.25) is 0 Å². The Morgan fingerprint density at radius 2 is 1.23 bits per heavy atom.